The second-order valence-corrected chi connectivity index (χ2v) is 7.01. The third-order valence-electron chi connectivity index (χ3n) is 3.08. The first-order valence-corrected chi connectivity index (χ1v) is 7.29. The predicted molar refractivity (Wildman–Crippen MR) is 82.2 cm³/mol. The summed E-state index contributed by atoms with van der Waals surface area (Å²) in [6.45, 7) is 15.7. The molecule has 102 valence electrons. The first-order valence-electron chi connectivity index (χ1n) is 6.47. The van der Waals surface area contributed by atoms with Crippen LogP contribution in [0.3, 0.4) is 0 Å². The van der Waals surface area contributed by atoms with Gasteiger partial charge in [-0.05, 0) is 46.4 Å². The molecule has 0 saturated heterocycles. The Labute approximate surface area is 116 Å². The van der Waals surface area contributed by atoms with Gasteiger partial charge in [-0.2, -0.15) is 0 Å². The summed E-state index contributed by atoms with van der Waals surface area (Å²) in [6, 6.07) is 2.33. The lowest BCUT2D eigenvalue weighted by atomic mass is 10.0. The lowest BCUT2D eigenvalue weighted by molar-refractivity contribution is 0.145. The topological polar surface area (TPSA) is 15.3 Å². The van der Waals surface area contributed by atoms with Crippen molar-refractivity contribution in [2.45, 2.75) is 46.3 Å². The van der Waals surface area contributed by atoms with Crippen LogP contribution in [0.1, 0.15) is 36.1 Å². The molecule has 0 aromatic carbocycles. The molecule has 18 heavy (non-hydrogen) atoms. The van der Waals surface area contributed by atoms with Crippen molar-refractivity contribution in [3.8, 4) is 0 Å². The highest BCUT2D eigenvalue weighted by Crippen LogP contribution is 2.25. The van der Waals surface area contributed by atoms with Gasteiger partial charge in [0.15, 0.2) is 0 Å². The van der Waals surface area contributed by atoms with Gasteiger partial charge in [0, 0.05) is 34.9 Å². The van der Waals surface area contributed by atoms with Gasteiger partial charge in [-0.3, -0.25) is 4.90 Å². The third-order valence-corrected chi connectivity index (χ3v) is 4.17. The third kappa shape index (κ3) is 4.23. The summed E-state index contributed by atoms with van der Waals surface area (Å²) in [4.78, 5) is 5.30. The second-order valence-electron chi connectivity index (χ2n) is 5.66. The van der Waals surface area contributed by atoms with E-state index in [1.165, 1.54) is 15.3 Å². The molecule has 1 rings (SSSR count). The van der Waals surface area contributed by atoms with Crippen molar-refractivity contribution >= 4 is 11.3 Å². The van der Waals surface area contributed by atoms with E-state index in [9.17, 15) is 0 Å². The zero-order valence-corrected chi connectivity index (χ0v) is 13.2. The molecule has 2 nitrogen and oxygen atoms in total. The lowest BCUT2D eigenvalue weighted by Gasteiger charge is -2.34. The van der Waals surface area contributed by atoms with Crippen LogP contribution >= 0.6 is 11.3 Å². The Balaban J connectivity index is 2.83. The Morgan fingerprint density at radius 2 is 2.11 bits per heavy atom. The molecule has 0 aliphatic heterocycles. The van der Waals surface area contributed by atoms with E-state index < -0.39 is 0 Å². The van der Waals surface area contributed by atoms with Gasteiger partial charge in [0.1, 0.15) is 0 Å². The molecule has 0 unspecified atom stereocenters. The number of hydrogen-bond donors (Lipinski definition) is 1. The zero-order valence-electron chi connectivity index (χ0n) is 12.3. The Hall–Kier alpha value is -0.640. The first kappa shape index (κ1) is 15.4. The van der Waals surface area contributed by atoms with E-state index in [1.807, 2.05) is 24.5 Å². The highest BCUT2D eigenvalue weighted by Gasteiger charge is 2.21. The minimum atomic E-state index is 0.172. The molecular weight excluding hydrogens is 240 g/mol. The number of hydrogen-bond acceptors (Lipinski definition) is 3. The lowest BCUT2D eigenvalue weighted by Crippen LogP contribution is -2.40. The van der Waals surface area contributed by atoms with Crippen molar-refractivity contribution < 1.29 is 0 Å². The van der Waals surface area contributed by atoms with Gasteiger partial charge in [-0.25, -0.2) is 0 Å². The maximum atomic E-state index is 3.86. The molecule has 0 aliphatic carbocycles. The van der Waals surface area contributed by atoms with Gasteiger partial charge in [0.2, 0.25) is 0 Å². The van der Waals surface area contributed by atoms with Crippen molar-refractivity contribution in [1.82, 2.24) is 10.2 Å². The summed E-state index contributed by atoms with van der Waals surface area (Å²) in [5.74, 6) is 0. The second kappa shape index (κ2) is 6.50. The SMILES string of the molecule is C=CCN(Cc1cc(CNC)sc1C)C(C)(C)C. The van der Waals surface area contributed by atoms with E-state index in [4.69, 9.17) is 0 Å². The number of thiophene rings is 1. The molecule has 0 radical (unpaired) electrons. The minimum absolute atomic E-state index is 0.172. The van der Waals surface area contributed by atoms with Gasteiger partial charge in [0.25, 0.3) is 0 Å². The Morgan fingerprint density at radius 3 is 2.61 bits per heavy atom. The van der Waals surface area contributed by atoms with E-state index >= 15 is 0 Å². The largest absolute Gasteiger partial charge is 0.315 e. The van der Waals surface area contributed by atoms with Crippen LogP contribution in [0.5, 0.6) is 0 Å². The summed E-state index contributed by atoms with van der Waals surface area (Å²) < 4.78 is 0. The van der Waals surface area contributed by atoms with Crippen LogP contribution in [-0.2, 0) is 13.1 Å². The molecule has 1 aromatic heterocycles. The van der Waals surface area contributed by atoms with E-state index in [0.29, 0.717) is 0 Å². The summed E-state index contributed by atoms with van der Waals surface area (Å²) in [6.07, 6.45) is 1.99. The van der Waals surface area contributed by atoms with E-state index in [0.717, 1.165) is 19.6 Å². The van der Waals surface area contributed by atoms with E-state index in [-0.39, 0.29) is 5.54 Å². The highest BCUT2D eigenvalue weighted by atomic mass is 32.1. The quantitative estimate of drug-likeness (QED) is 0.792. The number of nitrogens with one attached hydrogen (secondary N) is 1. The molecule has 0 aliphatic rings. The number of rotatable bonds is 6. The fourth-order valence-corrected chi connectivity index (χ4v) is 3.01. The molecule has 0 amide bonds. The number of aryl methyl sites for hydroxylation is 1. The monoisotopic (exact) mass is 266 g/mol. The molecular formula is C15H26N2S. The Kier molecular flexibility index (Phi) is 5.57. The Morgan fingerprint density at radius 1 is 1.44 bits per heavy atom. The smallest absolute Gasteiger partial charge is 0.0296 e. The zero-order chi connectivity index (χ0) is 13.8. The summed E-state index contributed by atoms with van der Waals surface area (Å²) in [5, 5.41) is 3.21. The van der Waals surface area contributed by atoms with Crippen molar-refractivity contribution in [2.24, 2.45) is 0 Å². The molecule has 0 spiro atoms. The molecule has 0 fully saturated rings. The van der Waals surface area contributed by atoms with Crippen LogP contribution < -0.4 is 5.32 Å². The summed E-state index contributed by atoms with van der Waals surface area (Å²) in [7, 11) is 1.99. The van der Waals surface area contributed by atoms with Crippen LogP contribution in [0.2, 0.25) is 0 Å². The fourth-order valence-electron chi connectivity index (χ4n) is 1.94. The van der Waals surface area contributed by atoms with Crippen LogP contribution in [0.15, 0.2) is 18.7 Å². The molecule has 0 atom stereocenters. The highest BCUT2D eigenvalue weighted by molar-refractivity contribution is 7.12. The average Bonchev–Trinajstić information content (AvgIpc) is 2.58. The van der Waals surface area contributed by atoms with Crippen molar-refractivity contribution in [1.29, 1.82) is 0 Å². The molecule has 1 aromatic rings. The van der Waals surface area contributed by atoms with Crippen molar-refractivity contribution in [3.05, 3.63) is 34.0 Å². The Bertz CT molecular complexity index is 388. The molecule has 1 N–H and O–H groups in total. The molecule has 0 bridgehead atoms. The number of nitrogens with zero attached hydrogens (tertiary/aromatic N) is 1. The van der Waals surface area contributed by atoms with Gasteiger partial charge in [0.05, 0.1) is 0 Å². The van der Waals surface area contributed by atoms with Crippen LogP contribution in [-0.4, -0.2) is 24.0 Å². The summed E-state index contributed by atoms with van der Waals surface area (Å²) >= 11 is 1.89. The maximum Gasteiger partial charge on any atom is 0.0296 e. The minimum Gasteiger partial charge on any atom is -0.315 e. The fraction of sp³-hybridized carbons (Fsp3) is 0.600. The van der Waals surface area contributed by atoms with E-state index in [2.05, 4.69) is 50.6 Å². The van der Waals surface area contributed by atoms with Crippen LogP contribution in [0.4, 0.5) is 0 Å². The van der Waals surface area contributed by atoms with Crippen LogP contribution in [0, 0.1) is 6.92 Å². The summed E-state index contributed by atoms with van der Waals surface area (Å²) in [5.41, 5.74) is 1.62. The van der Waals surface area contributed by atoms with Gasteiger partial charge >= 0.3 is 0 Å². The maximum absolute atomic E-state index is 3.86. The van der Waals surface area contributed by atoms with Crippen molar-refractivity contribution in [2.75, 3.05) is 13.6 Å². The van der Waals surface area contributed by atoms with Gasteiger partial charge in [-0.1, -0.05) is 6.08 Å². The first-order chi connectivity index (χ1) is 8.38. The van der Waals surface area contributed by atoms with Gasteiger partial charge in [-0.15, -0.1) is 17.9 Å². The standard InChI is InChI=1S/C15H26N2S/c1-7-8-17(15(3,4)5)11-13-9-14(10-16-6)18-12(13)2/h7,9,16H,1,8,10-11H2,2-6H3. The van der Waals surface area contributed by atoms with E-state index in [1.54, 1.807) is 0 Å². The molecule has 1 heterocycles. The normalized spacial score (nSPS) is 12.1. The molecule has 0 saturated carbocycles. The van der Waals surface area contributed by atoms with Gasteiger partial charge < -0.3 is 5.32 Å². The average molecular weight is 266 g/mol. The predicted octanol–water partition coefficient (Wildman–Crippen LogP) is 3.56. The van der Waals surface area contributed by atoms with Crippen molar-refractivity contribution in [3.63, 3.8) is 0 Å². The molecule has 3 heteroatoms. The van der Waals surface area contributed by atoms with Crippen LogP contribution in [0.25, 0.3) is 0 Å².